The van der Waals surface area contributed by atoms with E-state index in [1.807, 2.05) is 20.0 Å². The minimum absolute atomic E-state index is 0.997. The Labute approximate surface area is 118 Å². The second kappa shape index (κ2) is 6.48. The monoisotopic (exact) mass is 312 g/mol. The third-order valence-electron chi connectivity index (χ3n) is 3.34. The Morgan fingerprint density at radius 2 is 2.06 bits per heavy atom. The zero-order valence-electron chi connectivity index (χ0n) is 11.2. The summed E-state index contributed by atoms with van der Waals surface area (Å²) in [6.45, 7) is 9.60. The summed E-state index contributed by atoms with van der Waals surface area (Å²) in [5.41, 5.74) is 2.03. The second-order valence-corrected chi connectivity index (χ2v) is 5.58. The van der Waals surface area contributed by atoms with E-state index in [2.05, 4.69) is 35.7 Å². The van der Waals surface area contributed by atoms with Gasteiger partial charge in [0, 0.05) is 37.7 Å². The fourth-order valence-corrected chi connectivity index (χ4v) is 2.85. The lowest BCUT2D eigenvalue weighted by Gasteiger charge is -2.23. The van der Waals surface area contributed by atoms with Crippen LogP contribution in [0.1, 0.15) is 17.8 Å². The summed E-state index contributed by atoms with van der Waals surface area (Å²) < 4.78 is 0. The molecule has 1 aromatic heterocycles. The van der Waals surface area contributed by atoms with Crippen molar-refractivity contribution in [2.24, 2.45) is 0 Å². The van der Waals surface area contributed by atoms with E-state index in [4.69, 9.17) is 0 Å². The Bertz CT molecular complexity index is 397. The lowest BCUT2D eigenvalue weighted by atomic mass is 10.3. The van der Waals surface area contributed by atoms with Crippen LogP contribution in [0.5, 0.6) is 0 Å². The lowest BCUT2D eigenvalue weighted by molar-refractivity contribution is 0.313. The highest BCUT2D eigenvalue weighted by Crippen LogP contribution is 2.17. The minimum atomic E-state index is 0.997. The molecule has 0 radical (unpaired) electrons. The molecule has 0 amide bonds. The Morgan fingerprint density at radius 1 is 1.22 bits per heavy atom. The minimum Gasteiger partial charge on any atom is -0.354 e. The van der Waals surface area contributed by atoms with Gasteiger partial charge in [0.2, 0.25) is 0 Å². The normalized spacial score (nSPS) is 17.8. The van der Waals surface area contributed by atoms with Gasteiger partial charge in [0.05, 0.1) is 11.4 Å². The molecule has 0 saturated carbocycles. The molecule has 2 rings (SSSR count). The molecule has 100 valence electrons. The third kappa shape index (κ3) is 3.42. The molecule has 1 fully saturated rings. The zero-order chi connectivity index (χ0) is 13.0. The van der Waals surface area contributed by atoms with Gasteiger partial charge in [-0.2, -0.15) is 0 Å². The van der Waals surface area contributed by atoms with E-state index >= 15 is 0 Å². The van der Waals surface area contributed by atoms with Crippen molar-refractivity contribution in [1.29, 1.82) is 0 Å². The molecule has 1 aromatic rings. The number of alkyl halides is 1. The Kier molecular flexibility index (Phi) is 4.95. The van der Waals surface area contributed by atoms with Gasteiger partial charge in [-0.25, -0.2) is 4.98 Å². The van der Waals surface area contributed by atoms with Crippen LogP contribution in [0.25, 0.3) is 0 Å². The van der Waals surface area contributed by atoms with Crippen LogP contribution in [0.4, 0.5) is 5.82 Å². The second-order valence-electron chi connectivity index (χ2n) is 4.79. The van der Waals surface area contributed by atoms with Crippen LogP contribution in [0, 0.1) is 13.8 Å². The Balaban J connectivity index is 2.07. The number of aromatic nitrogens is 2. The van der Waals surface area contributed by atoms with E-state index in [0.29, 0.717) is 0 Å². The molecule has 0 aromatic carbocycles. The van der Waals surface area contributed by atoms with Gasteiger partial charge in [-0.3, -0.25) is 4.98 Å². The molecule has 0 aliphatic carbocycles. The summed E-state index contributed by atoms with van der Waals surface area (Å²) in [7, 11) is 0. The number of hydrogen-bond acceptors (Lipinski definition) is 4. The molecule has 0 atom stereocenters. The summed E-state index contributed by atoms with van der Waals surface area (Å²) in [6.07, 6.45) is 3.04. The fourth-order valence-electron chi connectivity index (χ4n) is 2.35. The van der Waals surface area contributed by atoms with Crippen molar-refractivity contribution in [3.05, 3.63) is 17.6 Å². The van der Waals surface area contributed by atoms with Gasteiger partial charge in [-0.1, -0.05) is 15.9 Å². The first-order valence-corrected chi connectivity index (χ1v) is 7.66. The van der Waals surface area contributed by atoms with Crippen LogP contribution >= 0.6 is 15.9 Å². The molecule has 4 nitrogen and oxygen atoms in total. The molecule has 1 aliphatic heterocycles. The number of nitrogens with zero attached hydrogens (tertiary/aromatic N) is 4. The fraction of sp³-hybridized carbons (Fsp3) is 0.692. The summed E-state index contributed by atoms with van der Waals surface area (Å²) >= 11 is 3.51. The topological polar surface area (TPSA) is 32.3 Å². The lowest BCUT2D eigenvalue weighted by Crippen LogP contribution is -2.32. The maximum Gasteiger partial charge on any atom is 0.150 e. The molecule has 18 heavy (non-hydrogen) atoms. The molecule has 0 spiro atoms. The summed E-state index contributed by atoms with van der Waals surface area (Å²) in [6, 6.07) is 0. The average Bonchev–Trinajstić information content (AvgIpc) is 2.58. The van der Waals surface area contributed by atoms with Gasteiger partial charge >= 0.3 is 0 Å². The highest BCUT2D eigenvalue weighted by Gasteiger charge is 2.17. The SMILES string of the molecule is Cc1cnc(C)c(N2CCCN(CCBr)CC2)n1. The average molecular weight is 313 g/mol. The Morgan fingerprint density at radius 3 is 2.83 bits per heavy atom. The molecule has 1 aliphatic rings. The molecule has 0 unspecified atom stereocenters. The molecule has 1 saturated heterocycles. The number of aryl methyl sites for hydroxylation is 2. The van der Waals surface area contributed by atoms with E-state index in [9.17, 15) is 0 Å². The van der Waals surface area contributed by atoms with Gasteiger partial charge in [0.25, 0.3) is 0 Å². The molecular formula is C13H21BrN4. The smallest absolute Gasteiger partial charge is 0.150 e. The molecule has 0 N–H and O–H groups in total. The van der Waals surface area contributed by atoms with Gasteiger partial charge in [0.1, 0.15) is 5.82 Å². The van der Waals surface area contributed by atoms with Crippen molar-refractivity contribution in [1.82, 2.24) is 14.9 Å². The van der Waals surface area contributed by atoms with Crippen molar-refractivity contribution < 1.29 is 0 Å². The summed E-state index contributed by atoms with van der Waals surface area (Å²) in [5, 5.41) is 1.05. The van der Waals surface area contributed by atoms with Gasteiger partial charge in [-0.05, 0) is 26.8 Å². The number of halogens is 1. The molecule has 2 heterocycles. The van der Waals surface area contributed by atoms with Crippen molar-refractivity contribution in [3.63, 3.8) is 0 Å². The number of rotatable bonds is 3. The van der Waals surface area contributed by atoms with Crippen molar-refractivity contribution in [2.45, 2.75) is 20.3 Å². The highest BCUT2D eigenvalue weighted by atomic mass is 79.9. The Hall–Kier alpha value is -0.680. The van der Waals surface area contributed by atoms with E-state index in [-0.39, 0.29) is 0 Å². The molecular weight excluding hydrogens is 292 g/mol. The standard InChI is InChI=1S/C13H21BrN4/c1-11-10-15-12(2)13(16-11)18-6-3-5-17(7-4-14)8-9-18/h10H,3-9H2,1-2H3. The third-order valence-corrected chi connectivity index (χ3v) is 3.69. The first kappa shape index (κ1) is 13.7. The number of hydrogen-bond donors (Lipinski definition) is 0. The van der Waals surface area contributed by atoms with Gasteiger partial charge < -0.3 is 9.80 Å². The number of anilines is 1. The van der Waals surface area contributed by atoms with Crippen molar-refractivity contribution in [3.8, 4) is 0 Å². The van der Waals surface area contributed by atoms with Crippen LogP contribution in [0.3, 0.4) is 0 Å². The van der Waals surface area contributed by atoms with E-state index in [1.54, 1.807) is 0 Å². The first-order chi connectivity index (χ1) is 8.70. The van der Waals surface area contributed by atoms with E-state index in [1.165, 1.54) is 13.0 Å². The predicted octanol–water partition coefficient (Wildman–Crippen LogP) is 2.00. The summed E-state index contributed by atoms with van der Waals surface area (Å²) in [4.78, 5) is 13.9. The summed E-state index contributed by atoms with van der Waals surface area (Å²) in [5.74, 6) is 1.07. The van der Waals surface area contributed by atoms with Crippen LogP contribution in [0.15, 0.2) is 6.20 Å². The van der Waals surface area contributed by atoms with Gasteiger partial charge in [0.15, 0.2) is 0 Å². The van der Waals surface area contributed by atoms with Crippen LogP contribution in [-0.2, 0) is 0 Å². The quantitative estimate of drug-likeness (QED) is 0.799. The van der Waals surface area contributed by atoms with Crippen molar-refractivity contribution in [2.75, 3.05) is 43.0 Å². The highest BCUT2D eigenvalue weighted by molar-refractivity contribution is 9.09. The van der Waals surface area contributed by atoms with E-state index in [0.717, 1.165) is 48.7 Å². The van der Waals surface area contributed by atoms with Crippen LogP contribution < -0.4 is 4.90 Å². The van der Waals surface area contributed by atoms with Crippen LogP contribution in [0.2, 0.25) is 0 Å². The predicted molar refractivity (Wildman–Crippen MR) is 78.6 cm³/mol. The molecule has 0 bridgehead atoms. The zero-order valence-corrected chi connectivity index (χ0v) is 12.8. The van der Waals surface area contributed by atoms with E-state index < -0.39 is 0 Å². The van der Waals surface area contributed by atoms with Crippen LogP contribution in [-0.4, -0.2) is 52.9 Å². The maximum atomic E-state index is 4.64. The first-order valence-electron chi connectivity index (χ1n) is 6.54. The molecule has 5 heteroatoms. The largest absolute Gasteiger partial charge is 0.354 e. The van der Waals surface area contributed by atoms with Gasteiger partial charge in [-0.15, -0.1) is 0 Å². The maximum absolute atomic E-state index is 4.64. The van der Waals surface area contributed by atoms with Crippen molar-refractivity contribution >= 4 is 21.7 Å².